The van der Waals surface area contributed by atoms with Gasteiger partial charge in [0.1, 0.15) is 11.6 Å². The van der Waals surface area contributed by atoms with Gasteiger partial charge in [0.25, 0.3) is 0 Å². The zero-order valence-corrected chi connectivity index (χ0v) is 14.8. The van der Waals surface area contributed by atoms with Crippen molar-refractivity contribution in [3.8, 4) is 5.75 Å². The molecule has 1 aliphatic heterocycles. The molecule has 1 atom stereocenters. The lowest BCUT2D eigenvalue weighted by Gasteiger charge is -2.28. The van der Waals surface area contributed by atoms with Crippen molar-refractivity contribution < 1.29 is 13.5 Å². The normalized spacial score (nSPS) is 20.4. The summed E-state index contributed by atoms with van der Waals surface area (Å²) in [4.78, 5) is 4.49. The summed E-state index contributed by atoms with van der Waals surface area (Å²) in [5.74, 6) is 1.12. The molecule has 1 aromatic carbocycles. The van der Waals surface area contributed by atoms with Crippen LogP contribution in [0, 0.1) is 0 Å². The van der Waals surface area contributed by atoms with Crippen LogP contribution in [0.1, 0.15) is 29.9 Å². The molecule has 0 spiro atoms. The van der Waals surface area contributed by atoms with Gasteiger partial charge in [-0.3, -0.25) is 9.71 Å². The Hall–Kier alpha value is -1.28. The summed E-state index contributed by atoms with van der Waals surface area (Å²) in [6.07, 6.45) is 3.78. The van der Waals surface area contributed by atoms with Crippen LogP contribution in [0.15, 0.2) is 17.1 Å². The van der Waals surface area contributed by atoms with Crippen molar-refractivity contribution in [3.63, 3.8) is 0 Å². The molecule has 1 aliphatic carbocycles. The number of hydrogen-bond acceptors (Lipinski definition) is 5. The Morgan fingerprint density at radius 1 is 1.41 bits per heavy atom. The number of phenols is 1. The smallest absolute Gasteiger partial charge is 0.229 e. The average Bonchev–Trinajstić information content (AvgIpc) is 2.94. The standard InChI is InChI=1S/C14H19N3O3S.BrH/c1-21(19,20)17-13-10-3-2-4-11(14-15-7-8-16-14)9(10)5-6-12(13)18;/h5-6,11,17-18H,2-4,7-8H2,1H3,(H,15,16);1H. The zero-order valence-electron chi connectivity index (χ0n) is 12.3. The summed E-state index contributed by atoms with van der Waals surface area (Å²) in [7, 11) is -3.43. The molecule has 122 valence electrons. The first-order valence-corrected chi connectivity index (χ1v) is 8.95. The van der Waals surface area contributed by atoms with Gasteiger partial charge in [0.15, 0.2) is 0 Å². The van der Waals surface area contributed by atoms with E-state index in [2.05, 4.69) is 15.0 Å². The molecule has 1 aromatic rings. The molecule has 0 radical (unpaired) electrons. The number of phenolic OH excluding ortho intramolecular Hbond substituents is 1. The second kappa shape index (κ2) is 6.45. The summed E-state index contributed by atoms with van der Waals surface area (Å²) in [6.45, 7) is 1.64. The van der Waals surface area contributed by atoms with E-state index in [0.29, 0.717) is 5.69 Å². The maximum Gasteiger partial charge on any atom is 0.229 e. The van der Waals surface area contributed by atoms with Crippen LogP contribution in [-0.2, 0) is 16.4 Å². The minimum Gasteiger partial charge on any atom is -0.506 e. The molecule has 8 heteroatoms. The lowest BCUT2D eigenvalue weighted by Crippen LogP contribution is -2.28. The van der Waals surface area contributed by atoms with E-state index in [1.165, 1.54) is 0 Å². The van der Waals surface area contributed by atoms with E-state index in [9.17, 15) is 13.5 Å². The molecular formula is C14H20BrN3O3S. The van der Waals surface area contributed by atoms with E-state index in [1.54, 1.807) is 6.07 Å². The third-order valence-corrected chi connectivity index (χ3v) is 4.51. The minimum absolute atomic E-state index is 0. The van der Waals surface area contributed by atoms with Crippen LogP contribution in [-0.4, -0.2) is 38.7 Å². The Balaban J connectivity index is 0.00000176. The first-order chi connectivity index (χ1) is 9.96. The average molecular weight is 390 g/mol. The lowest BCUT2D eigenvalue weighted by molar-refractivity contribution is 0.475. The van der Waals surface area contributed by atoms with E-state index in [-0.39, 0.29) is 28.6 Å². The third-order valence-electron chi connectivity index (χ3n) is 3.94. The van der Waals surface area contributed by atoms with Crippen molar-refractivity contribution in [1.82, 2.24) is 5.32 Å². The minimum atomic E-state index is -3.43. The van der Waals surface area contributed by atoms with Gasteiger partial charge in [-0.15, -0.1) is 17.0 Å². The van der Waals surface area contributed by atoms with Crippen molar-refractivity contribution in [3.05, 3.63) is 23.3 Å². The van der Waals surface area contributed by atoms with Crippen molar-refractivity contribution >= 4 is 38.5 Å². The highest BCUT2D eigenvalue weighted by Gasteiger charge is 2.29. The topological polar surface area (TPSA) is 90.8 Å². The summed E-state index contributed by atoms with van der Waals surface area (Å²) < 4.78 is 25.5. The molecule has 6 nitrogen and oxygen atoms in total. The van der Waals surface area contributed by atoms with Gasteiger partial charge in [-0.2, -0.15) is 0 Å². The fourth-order valence-electron chi connectivity index (χ4n) is 3.12. The summed E-state index contributed by atoms with van der Waals surface area (Å²) >= 11 is 0. The molecule has 0 bridgehead atoms. The van der Waals surface area contributed by atoms with Crippen LogP contribution in [0.2, 0.25) is 0 Å². The van der Waals surface area contributed by atoms with E-state index < -0.39 is 10.0 Å². The number of nitrogens with zero attached hydrogens (tertiary/aromatic N) is 1. The van der Waals surface area contributed by atoms with Crippen LogP contribution in [0.25, 0.3) is 0 Å². The molecular weight excluding hydrogens is 370 g/mol. The molecule has 2 aliphatic rings. The second-order valence-corrected chi connectivity index (χ2v) is 7.29. The summed E-state index contributed by atoms with van der Waals surface area (Å²) in [5, 5.41) is 13.3. The van der Waals surface area contributed by atoms with E-state index in [1.807, 2.05) is 6.07 Å². The van der Waals surface area contributed by atoms with Crippen molar-refractivity contribution in [2.45, 2.75) is 25.2 Å². The molecule has 3 N–H and O–H groups in total. The molecule has 0 aromatic heterocycles. The van der Waals surface area contributed by atoms with Crippen molar-refractivity contribution in [2.24, 2.45) is 4.99 Å². The van der Waals surface area contributed by atoms with Gasteiger partial charge in [-0.1, -0.05) is 6.07 Å². The summed E-state index contributed by atoms with van der Waals surface area (Å²) in [6, 6.07) is 3.44. The van der Waals surface area contributed by atoms with Crippen LogP contribution in [0.4, 0.5) is 5.69 Å². The van der Waals surface area contributed by atoms with E-state index in [4.69, 9.17) is 0 Å². The highest BCUT2D eigenvalue weighted by Crippen LogP contribution is 2.40. The van der Waals surface area contributed by atoms with Gasteiger partial charge in [0.05, 0.1) is 18.5 Å². The number of anilines is 1. The first-order valence-electron chi connectivity index (χ1n) is 7.06. The van der Waals surface area contributed by atoms with Gasteiger partial charge >= 0.3 is 0 Å². The van der Waals surface area contributed by atoms with Crippen LogP contribution in [0.5, 0.6) is 5.75 Å². The Morgan fingerprint density at radius 3 is 2.82 bits per heavy atom. The van der Waals surface area contributed by atoms with Gasteiger partial charge < -0.3 is 10.4 Å². The van der Waals surface area contributed by atoms with Crippen molar-refractivity contribution in [1.29, 1.82) is 0 Å². The van der Waals surface area contributed by atoms with Crippen LogP contribution < -0.4 is 10.0 Å². The molecule has 1 unspecified atom stereocenters. The Kier molecular flexibility index (Phi) is 5.01. The third kappa shape index (κ3) is 3.38. The number of aromatic hydroxyl groups is 1. The number of rotatable bonds is 3. The van der Waals surface area contributed by atoms with Crippen LogP contribution in [0.3, 0.4) is 0 Å². The number of aliphatic imine (C=N–C) groups is 1. The fourth-order valence-corrected chi connectivity index (χ4v) is 3.72. The number of nitrogens with one attached hydrogen (secondary N) is 2. The lowest BCUT2D eigenvalue weighted by atomic mass is 9.81. The Morgan fingerprint density at radius 2 is 2.18 bits per heavy atom. The number of fused-ring (bicyclic) bond motifs is 1. The molecule has 0 fully saturated rings. The van der Waals surface area contributed by atoms with Gasteiger partial charge in [0, 0.05) is 12.5 Å². The Bertz CT molecular complexity index is 704. The number of amidine groups is 1. The Labute approximate surface area is 140 Å². The van der Waals surface area contributed by atoms with Crippen molar-refractivity contribution in [2.75, 3.05) is 24.1 Å². The van der Waals surface area contributed by atoms with E-state index in [0.717, 1.165) is 55.6 Å². The van der Waals surface area contributed by atoms with E-state index >= 15 is 0 Å². The molecule has 3 rings (SSSR count). The maximum absolute atomic E-state index is 11.5. The predicted molar refractivity (Wildman–Crippen MR) is 92.9 cm³/mol. The van der Waals surface area contributed by atoms with Crippen LogP contribution >= 0.6 is 17.0 Å². The quantitative estimate of drug-likeness (QED) is 0.686. The molecule has 1 heterocycles. The van der Waals surface area contributed by atoms with Gasteiger partial charge in [0.2, 0.25) is 10.0 Å². The molecule has 0 saturated carbocycles. The highest BCUT2D eigenvalue weighted by molar-refractivity contribution is 8.93. The number of halogens is 1. The fraction of sp³-hybridized carbons (Fsp3) is 0.500. The molecule has 0 saturated heterocycles. The van der Waals surface area contributed by atoms with Gasteiger partial charge in [-0.05, 0) is 36.5 Å². The second-order valence-electron chi connectivity index (χ2n) is 5.54. The summed E-state index contributed by atoms with van der Waals surface area (Å²) in [5.41, 5.74) is 2.25. The maximum atomic E-state index is 11.5. The zero-order chi connectivity index (χ0) is 15.0. The molecule has 0 amide bonds. The number of benzene rings is 1. The first kappa shape index (κ1) is 17.1. The SMILES string of the molecule is Br.CS(=O)(=O)Nc1c(O)ccc2c1CCCC2C1=NCCN1. The monoisotopic (exact) mass is 389 g/mol. The largest absolute Gasteiger partial charge is 0.506 e. The molecule has 22 heavy (non-hydrogen) atoms. The predicted octanol–water partition coefficient (Wildman–Crippen LogP) is 1.76. The number of sulfonamides is 1. The highest BCUT2D eigenvalue weighted by atomic mass is 79.9. The van der Waals surface area contributed by atoms with Gasteiger partial charge in [-0.25, -0.2) is 8.42 Å². The number of hydrogen-bond donors (Lipinski definition) is 3.